The van der Waals surface area contributed by atoms with Crippen LogP contribution in [-0.2, 0) is 14.9 Å². The first-order chi connectivity index (χ1) is 19.8. The summed E-state index contributed by atoms with van der Waals surface area (Å²) in [5.41, 5.74) is 1.69. The molecule has 0 unspecified atom stereocenters. The molecule has 214 valence electrons. The first-order valence-electron chi connectivity index (χ1n) is 13.6. The summed E-state index contributed by atoms with van der Waals surface area (Å²) >= 11 is 0. The molecule has 0 aliphatic carbocycles. The molecular weight excluding hydrogens is 524 g/mol. The molecular formula is C29H34N8O4. The van der Waals surface area contributed by atoms with Gasteiger partial charge in [-0.2, -0.15) is 0 Å². The molecule has 2 N–H and O–H groups in total. The van der Waals surface area contributed by atoms with Crippen LogP contribution in [0.25, 0.3) is 5.65 Å². The predicted octanol–water partition coefficient (Wildman–Crippen LogP) is 2.96. The second-order valence-electron chi connectivity index (χ2n) is 10.7. The minimum atomic E-state index is -0.274. The van der Waals surface area contributed by atoms with Crippen LogP contribution in [-0.4, -0.2) is 81.5 Å². The molecule has 0 saturated carbocycles. The topological polar surface area (TPSA) is 132 Å². The number of aromatic nitrogens is 5. The van der Waals surface area contributed by atoms with Crippen LogP contribution in [0.4, 0.5) is 11.6 Å². The maximum atomic E-state index is 12.4. The van der Waals surface area contributed by atoms with Crippen molar-refractivity contribution in [3.8, 4) is 17.6 Å². The van der Waals surface area contributed by atoms with E-state index in [1.807, 2.05) is 32.9 Å². The van der Waals surface area contributed by atoms with Gasteiger partial charge in [0.15, 0.2) is 17.3 Å². The number of hydrogen-bond acceptors (Lipinski definition) is 10. The summed E-state index contributed by atoms with van der Waals surface area (Å²) in [4.78, 5) is 23.6. The summed E-state index contributed by atoms with van der Waals surface area (Å²) in [5, 5.41) is 14.1. The molecule has 12 nitrogen and oxygen atoms in total. The van der Waals surface area contributed by atoms with E-state index >= 15 is 0 Å². The van der Waals surface area contributed by atoms with Crippen LogP contribution in [0.1, 0.15) is 44.2 Å². The lowest BCUT2D eigenvalue weighted by molar-refractivity contribution is -0.114. The van der Waals surface area contributed by atoms with Crippen LogP contribution in [0.3, 0.4) is 0 Å². The number of hydrogen-bond donors (Lipinski definition) is 2. The minimum Gasteiger partial charge on any atom is -0.492 e. The van der Waals surface area contributed by atoms with Crippen molar-refractivity contribution < 1.29 is 18.8 Å². The molecule has 4 aromatic heterocycles. The van der Waals surface area contributed by atoms with E-state index in [4.69, 9.17) is 14.0 Å². The zero-order chi connectivity index (χ0) is 28.7. The molecule has 0 radical (unpaired) electrons. The second kappa shape index (κ2) is 12.8. The molecule has 1 aliphatic rings. The Bertz CT molecular complexity index is 1520. The Kier molecular flexibility index (Phi) is 8.76. The van der Waals surface area contributed by atoms with Gasteiger partial charge in [-0.3, -0.25) is 9.69 Å². The van der Waals surface area contributed by atoms with Crippen LogP contribution in [0.15, 0.2) is 47.4 Å². The van der Waals surface area contributed by atoms with Crippen molar-refractivity contribution in [3.63, 3.8) is 0 Å². The van der Waals surface area contributed by atoms with Gasteiger partial charge >= 0.3 is 0 Å². The summed E-state index contributed by atoms with van der Waals surface area (Å²) in [6.07, 6.45) is 6.04. The number of morpholine rings is 1. The maximum absolute atomic E-state index is 12.4. The summed E-state index contributed by atoms with van der Waals surface area (Å²) in [5.74, 6) is 8.16. The van der Waals surface area contributed by atoms with Crippen molar-refractivity contribution >= 4 is 23.2 Å². The number of nitrogens with zero attached hydrogens (tertiary/aromatic N) is 6. The summed E-state index contributed by atoms with van der Waals surface area (Å²) < 4.78 is 18.1. The number of carbonyl (C=O) groups is 1. The number of pyridine rings is 1. The third-order valence-electron chi connectivity index (χ3n) is 6.32. The van der Waals surface area contributed by atoms with E-state index in [2.05, 4.69) is 47.6 Å². The minimum absolute atomic E-state index is 0.0133. The number of ether oxygens (including phenoxy) is 2. The Morgan fingerprint density at radius 1 is 1.10 bits per heavy atom. The van der Waals surface area contributed by atoms with Crippen molar-refractivity contribution in [1.29, 1.82) is 0 Å². The highest BCUT2D eigenvalue weighted by atomic mass is 16.5. The van der Waals surface area contributed by atoms with Crippen molar-refractivity contribution in [2.45, 2.75) is 32.6 Å². The first kappa shape index (κ1) is 28.1. The third kappa shape index (κ3) is 8.03. The number of fused-ring (bicyclic) bond motifs is 1. The average molecular weight is 559 g/mol. The molecule has 5 heterocycles. The number of anilines is 2. The Morgan fingerprint density at radius 3 is 2.71 bits per heavy atom. The smallest absolute Gasteiger partial charge is 0.244 e. The Labute approximate surface area is 238 Å². The first-order valence-corrected chi connectivity index (χ1v) is 13.6. The van der Waals surface area contributed by atoms with Crippen molar-refractivity contribution in [3.05, 3.63) is 59.9 Å². The van der Waals surface area contributed by atoms with Crippen LogP contribution >= 0.6 is 0 Å². The van der Waals surface area contributed by atoms with Gasteiger partial charge in [0.2, 0.25) is 5.91 Å². The van der Waals surface area contributed by atoms with Gasteiger partial charge in [0.05, 0.1) is 38.1 Å². The molecule has 1 saturated heterocycles. The van der Waals surface area contributed by atoms with E-state index in [9.17, 15) is 4.79 Å². The van der Waals surface area contributed by atoms with E-state index in [-0.39, 0.29) is 17.9 Å². The molecule has 0 aromatic carbocycles. The Hall–Kier alpha value is -4.47. The molecule has 12 heteroatoms. The zero-order valence-electron chi connectivity index (χ0n) is 23.5. The van der Waals surface area contributed by atoms with E-state index in [0.29, 0.717) is 35.1 Å². The van der Waals surface area contributed by atoms with Gasteiger partial charge in [0.25, 0.3) is 0 Å². The quantitative estimate of drug-likeness (QED) is 0.233. The lowest BCUT2D eigenvalue weighted by Gasteiger charge is -2.26. The van der Waals surface area contributed by atoms with E-state index in [0.717, 1.165) is 50.8 Å². The summed E-state index contributed by atoms with van der Waals surface area (Å²) in [6, 6.07) is 7.17. The van der Waals surface area contributed by atoms with E-state index < -0.39 is 0 Å². The number of nitrogens with one attached hydrogen (secondary N) is 2. The van der Waals surface area contributed by atoms with Crippen LogP contribution in [0, 0.1) is 11.8 Å². The highest BCUT2D eigenvalue weighted by Gasteiger charge is 2.20. The van der Waals surface area contributed by atoms with Crippen LogP contribution < -0.4 is 15.4 Å². The van der Waals surface area contributed by atoms with E-state index in [1.54, 1.807) is 35.2 Å². The van der Waals surface area contributed by atoms with Gasteiger partial charge in [0.1, 0.15) is 17.2 Å². The van der Waals surface area contributed by atoms with Gasteiger partial charge in [-0.25, -0.2) is 14.5 Å². The number of carbonyl (C=O) groups excluding carboxylic acids is 1. The molecule has 1 fully saturated rings. The predicted molar refractivity (Wildman–Crippen MR) is 153 cm³/mol. The standard InChI is InChI=1S/C29H34N8O4/c1-29(2,3)24-15-25(35-41-24)31-19-28(38)33-26-16-27-32-17-21(20-37(27)34-26)5-6-22-7-8-23(18-30-22)40-12-4-9-36-10-13-39-14-11-36/h7-8,15-18,20H,4,9-14,19H2,1-3H3,(H,31,35)(H,33,34,38). The fourth-order valence-corrected chi connectivity index (χ4v) is 4.05. The van der Waals surface area contributed by atoms with Gasteiger partial charge in [0, 0.05) is 49.6 Å². The average Bonchev–Trinajstić information content (AvgIpc) is 3.61. The van der Waals surface area contributed by atoms with Crippen molar-refractivity contribution in [2.24, 2.45) is 0 Å². The normalized spacial score (nSPS) is 13.9. The fourth-order valence-electron chi connectivity index (χ4n) is 4.05. The molecule has 4 aromatic rings. The lowest BCUT2D eigenvalue weighted by atomic mass is 9.93. The van der Waals surface area contributed by atoms with E-state index in [1.165, 1.54) is 0 Å². The zero-order valence-corrected chi connectivity index (χ0v) is 23.5. The highest BCUT2D eigenvalue weighted by Crippen LogP contribution is 2.24. The maximum Gasteiger partial charge on any atom is 0.244 e. The molecule has 0 atom stereocenters. The molecule has 5 rings (SSSR count). The van der Waals surface area contributed by atoms with Crippen molar-refractivity contribution in [2.75, 3.05) is 56.6 Å². The molecule has 1 aliphatic heterocycles. The Balaban J connectivity index is 1.10. The molecule has 41 heavy (non-hydrogen) atoms. The van der Waals surface area contributed by atoms with Crippen LogP contribution in [0.2, 0.25) is 0 Å². The second-order valence-corrected chi connectivity index (χ2v) is 10.7. The summed E-state index contributed by atoms with van der Waals surface area (Å²) in [7, 11) is 0. The number of amides is 1. The Morgan fingerprint density at radius 2 is 1.95 bits per heavy atom. The molecule has 1 amide bonds. The number of rotatable bonds is 9. The van der Waals surface area contributed by atoms with Gasteiger partial charge in [-0.15, -0.1) is 5.10 Å². The monoisotopic (exact) mass is 558 g/mol. The fraction of sp³-hybridized carbons (Fsp3) is 0.414. The summed E-state index contributed by atoms with van der Waals surface area (Å²) in [6.45, 7) is 11.3. The molecule has 0 bridgehead atoms. The van der Waals surface area contributed by atoms with Gasteiger partial charge in [-0.05, 0) is 24.5 Å². The van der Waals surface area contributed by atoms with Crippen molar-refractivity contribution in [1.82, 2.24) is 29.6 Å². The molecule has 0 spiro atoms. The SMILES string of the molecule is CC(C)(C)c1cc(NCC(=O)Nc2cc3ncc(C#Cc4ccc(OCCCN5CCOCC5)cn4)cn3n2)no1. The van der Waals surface area contributed by atoms with Crippen LogP contribution in [0.5, 0.6) is 5.75 Å². The van der Waals surface area contributed by atoms with Gasteiger partial charge in [-0.1, -0.05) is 31.8 Å². The largest absolute Gasteiger partial charge is 0.492 e. The highest BCUT2D eigenvalue weighted by molar-refractivity contribution is 5.93. The van der Waals surface area contributed by atoms with Gasteiger partial charge < -0.3 is 24.6 Å². The lowest BCUT2D eigenvalue weighted by Crippen LogP contribution is -2.37. The third-order valence-corrected chi connectivity index (χ3v) is 6.32.